The summed E-state index contributed by atoms with van der Waals surface area (Å²) in [5.41, 5.74) is 1.56. The highest BCUT2D eigenvalue weighted by Gasteiger charge is 2.40. The van der Waals surface area contributed by atoms with Gasteiger partial charge in [-0.1, -0.05) is 11.6 Å². The lowest BCUT2D eigenvalue weighted by Crippen LogP contribution is -2.40. The minimum Gasteiger partial charge on any atom is -0.447 e. The number of alkyl halides is 1. The maximum Gasteiger partial charge on any atom is 0.416 e. The largest absolute Gasteiger partial charge is 0.447 e. The molecule has 1 unspecified atom stereocenters. The Morgan fingerprint density at radius 1 is 1.26 bits per heavy atom. The van der Waals surface area contributed by atoms with Crippen molar-refractivity contribution in [1.82, 2.24) is 19.5 Å². The predicted molar refractivity (Wildman–Crippen MR) is 111 cm³/mol. The fraction of sp³-hybridized carbons (Fsp3) is 0.300. The molecule has 1 amide bonds. The SMILES string of the molecule is C[C@H](Nc1ncc(F)c(N2C(=O)OCC2[C@@H](C)F)n1)c1cn(-c2ccc(Cl)cc2)cn1. The fourth-order valence-electron chi connectivity index (χ4n) is 3.20. The lowest BCUT2D eigenvalue weighted by atomic mass is 10.2. The molecule has 3 aromatic rings. The number of anilines is 2. The summed E-state index contributed by atoms with van der Waals surface area (Å²) in [5, 5.41) is 3.66. The third-order valence-corrected chi connectivity index (χ3v) is 5.16. The third kappa shape index (κ3) is 4.29. The summed E-state index contributed by atoms with van der Waals surface area (Å²) >= 11 is 5.92. The number of aromatic nitrogens is 4. The molecule has 0 bridgehead atoms. The topological polar surface area (TPSA) is 85.2 Å². The minimum absolute atomic E-state index is 0.0647. The molecule has 162 valence electrons. The minimum atomic E-state index is -1.42. The Kier molecular flexibility index (Phi) is 5.73. The highest BCUT2D eigenvalue weighted by atomic mass is 35.5. The Morgan fingerprint density at radius 2 is 2.00 bits per heavy atom. The van der Waals surface area contributed by atoms with Crippen LogP contribution in [0.3, 0.4) is 0 Å². The molecule has 1 aliphatic heterocycles. The second-order valence-electron chi connectivity index (χ2n) is 7.11. The van der Waals surface area contributed by atoms with E-state index in [0.29, 0.717) is 10.7 Å². The number of carbonyl (C=O) groups excluding carboxylic acids is 1. The Bertz CT molecular complexity index is 1090. The maximum atomic E-state index is 14.4. The zero-order valence-corrected chi connectivity index (χ0v) is 17.4. The summed E-state index contributed by atoms with van der Waals surface area (Å²) < 4.78 is 34.9. The number of hydrogen-bond acceptors (Lipinski definition) is 6. The second-order valence-corrected chi connectivity index (χ2v) is 7.54. The molecule has 4 rings (SSSR count). The Labute approximate surface area is 181 Å². The van der Waals surface area contributed by atoms with E-state index >= 15 is 0 Å². The predicted octanol–water partition coefficient (Wildman–Crippen LogP) is 4.31. The van der Waals surface area contributed by atoms with Gasteiger partial charge in [-0.05, 0) is 38.1 Å². The number of amides is 1. The lowest BCUT2D eigenvalue weighted by Gasteiger charge is -2.22. The van der Waals surface area contributed by atoms with Crippen molar-refractivity contribution >= 4 is 29.5 Å². The van der Waals surface area contributed by atoms with Gasteiger partial charge < -0.3 is 14.6 Å². The van der Waals surface area contributed by atoms with E-state index in [1.807, 2.05) is 29.8 Å². The van der Waals surface area contributed by atoms with Crippen LogP contribution in [-0.4, -0.2) is 44.4 Å². The average Bonchev–Trinajstić information content (AvgIpc) is 3.37. The molecule has 1 N–H and O–H groups in total. The molecule has 3 atom stereocenters. The molecule has 0 spiro atoms. The normalized spacial score (nSPS) is 18.0. The molecular weight excluding hydrogens is 430 g/mol. The molecule has 1 saturated heterocycles. The molecular formula is C20H19ClF2N6O2. The number of benzene rings is 1. The van der Waals surface area contributed by atoms with Crippen LogP contribution < -0.4 is 10.2 Å². The van der Waals surface area contributed by atoms with E-state index in [4.69, 9.17) is 16.3 Å². The second kappa shape index (κ2) is 8.46. The quantitative estimate of drug-likeness (QED) is 0.604. The average molecular weight is 449 g/mol. The van der Waals surface area contributed by atoms with E-state index in [2.05, 4.69) is 20.3 Å². The number of hydrogen-bond donors (Lipinski definition) is 1. The van der Waals surface area contributed by atoms with Gasteiger partial charge in [0.05, 0.1) is 24.3 Å². The Balaban J connectivity index is 1.54. The first kappa shape index (κ1) is 21.0. The van der Waals surface area contributed by atoms with Crippen molar-refractivity contribution in [3.05, 3.63) is 59.5 Å². The first-order valence-corrected chi connectivity index (χ1v) is 9.90. The van der Waals surface area contributed by atoms with Crippen LogP contribution in [0, 0.1) is 5.82 Å². The van der Waals surface area contributed by atoms with E-state index in [-0.39, 0.29) is 24.4 Å². The van der Waals surface area contributed by atoms with Crippen molar-refractivity contribution < 1.29 is 18.3 Å². The molecule has 8 nitrogen and oxygen atoms in total. The molecule has 2 aromatic heterocycles. The van der Waals surface area contributed by atoms with Gasteiger partial charge in [-0.2, -0.15) is 4.98 Å². The summed E-state index contributed by atoms with van der Waals surface area (Å²) in [7, 11) is 0. The van der Waals surface area contributed by atoms with Gasteiger partial charge in [0.25, 0.3) is 0 Å². The number of halogens is 3. The van der Waals surface area contributed by atoms with Gasteiger partial charge in [-0.25, -0.2) is 28.4 Å². The van der Waals surface area contributed by atoms with Crippen LogP contribution in [0.15, 0.2) is 43.0 Å². The van der Waals surface area contributed by atoms with E-state index in [1.165, 1.54) is 6.92 Å². The summed E-state index contributed by atoms with van der Waals surface area (Å²) in [6.07, 6.45) is 2.13. The van der Waals surface area contributed by atoms with Crippen molar-refractivity contribution in [2.75, 3.05) is 16.8 Å². The van der Waals surface area contributed by atoms with Crippen LogP contribution >= 0.6 is 11.6 Å². The van der Waals surface area contributed by atoms with Crippen LogP contribution in [-0.2, 0) is 4.74 Å². The van der Waals surface area contributed by atoms with Gasteiger partial charge in [0.1, 0.15) is 18.8 Å². The standard InChI is InChI=1S/C20H19ClF2N6O2/c1-11(22)17-9-31-20(30)29(17)18-15(23)7-24-19(27-18)26-12(2)16-8-28(10-25-16)14-5-3-13(21)4-6-14/h3-8,10-12,17H,9H2,1-2H3,(H,24,26,27)/t11-,12+,17?/m1/s1. The van der Waals surface area contributed by atoms with E-state index < -0.39 is 24.1 Å². The van der Waals surface area contributed by atoms with Crippen LogP contribution in [0.1, 0.15) is 25.6 Å². The van der Waals surface area contributed by atoms with E-state index in [0.717, 1.165) is 16.8 Å². The zero-order chi connectivity index (χ0) is 22.1. The molecule has 1 aliphatic rings. The number of rotatable bonds is 6. The number of ether oxygens (including phenoxy) is 1. The summed E-state index contributed by atoms with van der Waals surface area (Å²) in [6.45, 7) is 2.93. The molecule has 31 heavy (non-hydrogen) atoms. The molecule has 11 heteroatoms. The third-order valence-electron chi connectivity index (χ3n) is 4.91. The Morgan fingerprint density at radius 3 is 2.71 bits per heavy atom. The first-order chi connectivity index (χ1) is 14.8. The van der Waals surface area contributed by atoms with Gasteiger partial charge >= 0.3 is 6.09 Å². The van der Waals surface area contributed by atoms with Crippen molar-refractivity contribution in [2.24, 2.45) is 0 Å². The van der Waals surface area contributed by atoms with Crippen molar-refractivity contribution in [3.63, 3.8) is 0 Å². The molecule has 1 aromatic carbocycles. The molecule has 0 saturated carbocycles. The highest BCUT2D eigenvalue weighted by molar-refractivity contribution is 6.30. The first-order valence-electron chi connectivity index (χ1n) is 9.52. The number of carbonyl (C=O) groups is 1. The van der Waals surface area contributed by atoms with E-state index in [1.54, 1.807) is 18.5 Å². The lowest BCUT2D eigenvalue weighted by molar-refractivity contribution is 0.174. The highest BCUT2D eigenvalue weighted by Crippen LogP contribution is 2.28. The van der Waals surface area contributed by atoms with Gasteiger partial charge in [-0.3, -0.25) is 0 Å². The maximum absolute atomic E-state index is 14.4. The van der Waals surface area contributed by atoms with E-state index in [9.17, 15) is 13.6 Å². The van der Waals surface area contributed by atoms with Gasteiger partial charge in [0.2, 0.25) is 5.95 Å². The summed E-state index contributed by atoms with van der Waals surface area (Å²) in [6, 6.07) is 5.98. The monoisotopic (exact) mass is 448 g/mol. The number of imidazole rings is 1. The Hall–Kier alpha value is -3.27. The zero-order valence-electron chi connectivity index (χ0n) is 16.7. The number of cyclic esters (lactones) is 1. The van der Waals surface area contributed by atoms with Gasteiger partial charge in [0.15, 0.2) is 11.6 Å². The van der Waals surface area contributed by atoms with Crippen LogP contribution in [0.5, 0.6) is 0 Å². The van der Waals surface area contributed by atoms with Gasteiger partial charge in [0, 0.05) is 16.9 Å². The van der Waals surface area contributed by atoms with Crippen LogP contribution in [0.2, 0.25) is 5.02 Å². The summed E-state index contributed by atoms with van der Waals surface area (Å²) in [5.74, 6) is -1.13. The molecule has 3 heterocycles. The molecule has 0 radical (unpaired) electrons. The van der Waals surface area contributed by atoms with Crippen LogP contribution in [0.25, 0.3) is 5.69 Å². The molecule has 1 fully saturated rings. The molecule has 0 aliphatic carbocycles. The van der Waals surface area contributed by atoms with Crippen molar-refractivity contribution in [1.29, 1.82) is 0 Å². The van der Waals surface area contributed by atoms with Gasteiger partial charge in [-0.15, -0.1) is 0 Å². The van der Waals surface area contributed by atoms with Crippen LogP contribution in [0.4, 0.5) is 25.3 Å². The summed E-state index contributed by atoms with van der Waals surface area (Å²) in [4.78, 5) is 25.3. The fourth-order valence-corrected chi connectivity index (χ4v) is 3.32. The smallest absolute Gasteiger partial charge is 0.416 e. The van der Waals surface area contributed by atoms with Crippen molar-refractivity contribution in [2.45, 2.75) is 32.1 Å². The number of nitrogens with zero attached hydrogens (tertiary/aromatic N) is 5. The van der Waals surface area contributed by atoms with Crippen molar-refractivity contribution in [3.8, 4) is 5.69 Å². The number of nitrogens with one attached hydrogen (secondary N) is 1.